The summed E-state index contributed by atoms with van der Waals surface area (Å²) in [5, 5.41) is 8.95. The fraction of sp³-hybridized carbons (Fsp3) is 0.524. The van der Waals surface area contributed by atoms with E-state index < -0.39 is 5.97 Å². The monoisotopic (exact) mass is 386 g/mol. The maximum atomic E-state index is 13.1. The van der Waals surface area contributed by atoms with Crippen LogP contribution in [-0.2, 0) is 4.79 Å². The zero-order valence-electron chi connectivity index (χ0n) is 16.1. The zero-order valence-corrected chi connectivity index (χ0v) is 16.1. The third-order valence-electron chi connectivity index (χ3n) is 5.53. The minimum atomic E-state index is -0.869. The second-order valence-electron chi connectivity index (χ2n) is 7.46. The number of benzene rings is 1. The predicted molar refractivity (Wildman–Crippen MR) is 102 cm³/mol. The number of likely N-dealkylation sites (tertiary alicyclic amines) is 1. The second kappa shape index (κ2) is 8.54. The molecule has 150 valence electrons. The van der Waals surface area contributed by atoms with Gasteiger partial charge >= 0.3 is 5.97 Å². The van der Waals surface area contributed by atoms with Gasteiger partial charge in [0.1, 0.15) is 0 Å². The number of nitrogens with zero attached hydrogens (tertiary/aromatic N) is 2. The first kappa shape index (κ1) is 20.0. The number of carboxylic acid groups (broad SMARTS) is 1. The van der Waals surface area contributed by atoms with Crippen LogP contribution in [-0.4, -0.2) is 57.7 Å². The molecule has 1 atom stereocenters. The van der Waals surface area contributed by atoms with Crippen molar-refractivity contribution >= 4 is 23.7 Å². The Hall–Kier alpha value is -2.70. The molecule has 0 saturated carbocycles. The molecule has 2 heterocycles. The van der Waals surface area contributed by atoms with Gasteiger partial charge in [0.15, 0.2) is 0 Å². The molecule has 1 fully saturated rings. The third-order valence-corrected chi connectivity index (χ3v) is 5.53. The zero-order chi connectivity index (χ0) is 20.3. The van der Waals surface area contributed by atoms with Crippen LogP contribution in [0.4, 0.5) is 0 Å². The molecule has 3 rings (SSSR count). The second-order valence-corrected chi connectivity index (χ2v) is 7.46. The normalized spacial score (nSPS) is 19.1. The van der Waals surface area contributed by atoms with Crippen molar-refractivity contribution in [2.45, 2.75) is 57.9 Å². The van der Waals surface area contributed by atoms with Gasteiger partial charge in [-0.15, -0.1) is 0 Å². The fourth-order valence-corrected chi connectivity index (χ4v) is 3.97. The number of amides is 3. The Balaban J connectivity index is 1.80. The molecule has 0 aromatic heterocycles. The van der Waals surface area contributed by atoms with Crippen molar-refractivity contribution < 1.29 is 24.3 Å². The first-order valence-corrected chi connectivity index (χ1v) is 9.97. The summed E-state index contributed by atoms with van der Waals surface area (Å²) in [6.45, 7) is 2.96. The Morgan fingerprint density at radius 3 is 2.61 bits per heavy atom. The molecule has 7 nitrogen and oxygen atoms in total. The molecule has 0 aliphatic carbocycles. The molecule has 0 radical (unpaired) electrons. The van der Waals surface area contributed by atoms with Gasteiger partial charge in [-0.25, -0.2) is 0 Å². The Morgan fingerprint density at radius 1 is 1.14 bits per heavy atom. The van der Waals surface area contributed by atoms with Gasteiger partial charge in [-0.3, -0.25) is 24.1 Å². The van der Waals surface area contributed by atoms with Crippen LogP contribution in [0.2, 0.25) is 0 Å². The van der Waals surface area contributed by atoms with Gasteiger partial charge in [0.2, 0.25) is 0 Å². The van der Waals surface area contributed by atoms with E-state index in [1.54, 1.807) is 17.0 Å². The summed E-state index contributed by atoms with van der Waals surface area (Å²) in [7, 11) is 0. The van der Waals surface area contributed by atoms with E-state index in [2.05, 4.69) is 0 Å². The summed E-state index contributed by atoms with van der Waals surface area (Å²) in [5.74, 6) is -1.72. The lowest BCUT2D eigenvalue weighted by Gasteiger charge is -2.35. The first-order valence-electron chi connectivity index (χ1n) is 9.97. The number of carbonyl (C=O) groups is 4. The largest absolute Gasteiger partial charge is 0.481 e. The van der Waals surface area contributed by atoms with Gasteiger partial charge < -0.3 is 10.0 Å². The van der Waals surface area contributed by atoms with Crippen LogP contribution < -0.4 is 0 Å². The van der Waals surface area contributed by atoms with Crippen LogP contribution in [0.15, 0.2) is 18.2 Å². The topological polar surface area (TPSA) is 95.0 Å². The van der Waals surface area contributed by atoms with Crippen LogP contribution in [0.5, 0.6) is 0 Å². The van der Waals surface area contributed by atoms with Crippen molar-refractivity contribution in [3.63, 3.8) is 0 Å². The van der Waals surface area contributed by atoms with E-state index in [0.29, 0.717) is 30.6 Å². The van der Waals surface area contributed by atoms with Gasteiger partial charge in [0, 0.05) is 31.1 Å². The standard InChI is InChI=1S/C21H26N2O5/c1-2-3-11-23-20(27)16-9-7-14(13-17(16)21(23)28)19(26)22-12-5-4-6-15(22)8-10-18(24)25/h7,9,13,15H,2-6,8,10-12H2,1H3,(H,24,25). The number of fused-ring (bicyclic) bond motifs is 1. The van der Waals surface area contributed by atoms with Crippen LogP contribution in [0.25, 0.3) is 0 Å². The van der Waals surface area contributed by atoms with Crippen molar-refractivity contribution in [2.75, 3.05) is 13.1 Å². The molecule has 3 amide bonds. The van der Waals surface area contributed by atoms with Crippen LogP contribution in [0, 0.1) is 0 Å². The van der Waals surface area contributed by atoms with Crippen LogP contribution >= 0.6 is 0 Å². The van der Waals surface area contributed by atoms with E-state index >= 15 is 0 Å². The number of hydrogen-bond donors (Lipinski definition) is 1. The summed E-state index contributed by atoms with van der Waals surface area (Å²) in [6.07, 6.45) is 4.71. The van der Waals surface area contributed by atoms with Crippen molar-refractivity contribution in [3.05, 3.63) is 34.9 Å². The summed E-state index contributed by atoms with van der Waals surface area (Å²) in [4.78, 5) is 52.0. The lowest BCUT2D eigenvalue weighted by Crippen LogP contribution is -2.44. The summed E-state index contributed by atoms with van der Waals surface area (Å²) < 4.78 is 0. The smallest absolute Gasteiger partial charge is 0.303 e. The molecule has 1 unspecified atom stereocenters. The molecular formula is C21H26N2O5. The lowest BCUT2D eigenvalue weighted by atomic mass is 9.96. The quantitative estimate of drug-likeness (QED) is 0.727. The molecule has 1 aromatic rings. The van der Waals surface area contributed by atoms with Gasteiger partial charge in [0.25, 0.3) is 17.7 Å². The van der Waals surface area contributed by atoms with Crippen LogP contribution in [0.1, 0.15) is 82.9 Å². The minimum absolute atomic E-state index is 0.0258. The molecular weight excluding hydrogens is 360 g/mol. The highest BCUT2D eigenvalue weighted by molar-refractivity contribution is 6.22. The van der Waals surface area contributed by atoms with E-state index in [1.807, 2.05) is 6.92 Å². The average molecular weight is 386 g/mol. The van der Waals surface area contributed by atoms with Crippen molar-refractivity contribution in [2.24, 2.45) is 0 Å². The molecule has 1 saturated heterocycles. The number of hydrogen-bond acceptors (Lipinski definition) is 4. The Kier molecular flexibility index (Phi) is 6.11. The van der Waals surface area contributed by atoms with Gasteiger partial charge in [-0.2, -0.15) is 0 Å². The molecule has 0 spiro atoms. The predicted octanol–water partition coefficient (Wildman–Crippen LogP) is 2.94. The number of imide groups is 1. The first-order chi connectivity index (χ1) is 13.4. The summed E-state index contributed by atoms with van der Waals surface area (Å²) >= 11 is 0. The highest BCUT2D eigenvalue weighted by atomic mass is 16.4. The van der Waals surface area contributed by atoms with Gasteiger partial charge in [-0.1, -0.05) is 13.3 Å². The molecule has 2 aliphatic rings. The highest BCUT2D eigenvalue weighted by Gasteiger charge is 2.36. The van der Waals surface area contributed by atoms with Crippen LogP contribution in [0.3, 0.4) is 0 Å². The van der Waals surface area contributed by atoms with Crippen molar-refractivity contribution in [1.29, 1.82) is 0 Å². The van der Waals surface area contributed by atoms with Gasteiger partial charge in [0.05, 0.1) is 11.1 Å². The minimum Gasteiger partial charge on any atom is -0.481 e. The molecule has 1 N–H and O–H groups in total. The fourth-order valence-electron chi connectivity index (χ4n) is 3.97. The lowest BCUT2D eigenvalue weighted by molar-refractivity contribution is -0.137. The van der Waals surface area contributed by atoms with E-state index in [0.717, 1.165) is 32.1 Å². The number of piperidine rings is 1. The van der Waals surface area contributed by atoms with E-state index in [9.17, 15) is 19.2 Å². The maximum absolute atomic E-state index is 13.1. The van der Waals surface area contributed by atoms with E-state index in [4.69, 9.17) is 5.11 Å². The van der Waals surface area contributed by atoms with E-state index in [1.165, 1.54) is 11.0 Å². The highest BCUT2D eigenvalue weighted by Crippen LogP contribution is 2.27. The number of rotatable bonds is 7. The maximum Gasteiger partial charge on any atom is 0.303 e. The number of carboxylic acids is 1. The third kappa shape index (κ3) is 3.93. The number of aliphatic carboxylic acids is 1. The number of carbonyl (C=O) groups excluding carboxylic acids is 3. The Bertz CT molecular complexity index is 804. The molecule has 0 bridgehead atoms. The summed E-state index contributed by atoms with van der Waals surface area (Å²) in [5.41, 5.74) is 1.00. The van der Waals surface area contributed by atoms with E-state index in [-0.39, 0.29) is 35.7 Å². The number of unbranched alkanes of at least 4 members (excludes halogenated alkanes) is 1. The van der Waals surface area contributed by atoms with Crippen molar-refractivity contribution in [1.82, 2.24) is 9.80 Å². The molecule has 2 aliphatic heterocycles. The van der Waals surface area contributed by atoms with Crippen molar-refractivity contribution in [3.8, 4) is 0 Å². The Morgan fingerprint density at radius 2 is 1.89 bits per heavy atom. The Labute approximate surface area is 164 Å². The average Bonchev–Trinajstić information content (AvgIpc) is 2.94. The van der Waals surface area contributed by atoms with Gasteiger partial charge in [-0.05, 0) is 50.3 Å². The SMILES string of the molecule is CCCCN1C(=O)c2ccc(C(=O)N3CCCCC3CCC(=O)O)cc2C1=O. The molecule has 1 aromatic carbocycles. The summed E-state index contributed by atoms with van der Waals surface area (Å²) in [6, 6.07) is 4.57. The molecule has 7 heteroatoms. The molecule has 28 heavy (non-hydrogen) atoms.